The van der Waals surface area contributed by atoms with Gasteiger partial charge in [-0.2, -0.15) is 0 Å². The molecule has 18 heavy (non-hydrogen) atoms. The average molecular weight is 241 g/mol. The molecule has 2 N–H and O–H groups in total. The zero-order chi connectivity index (χ0) is 12.3. The Kier molecular flexibility index (Phi) is 1.98. The minimum absolute atomic E-state index is 0.276. The highest BCUT2D eigenvalue weighted by Crippen LogP contribution is 2.30. The fraction of sp³-hybridized carbons (Fsp3) is 0.400. The summed E-state index contributed by atoms with van der Waals surface area (Å²) in [4.78, 5) is 12.6. The molecule has 0 bridgehead atoms. The second-order valence-corrected chi connectivity index (χ2v) is 5.53. The summed E-state index contributed by atoms with van der Waals surface area (Å²) < 4.78 is 2.39. The lowest BCUT2D eigenvalue weighted by atomic mass is 10.0. The predicted molar refractivity (Wildman–Crippen MR) is 70.8 cm³/mol. The SMILES string of the molecule is Cc1ccc2c(c1)c(=O)c1c3n2CC[NH2+][C@H]3CC1. The van der Waals surface area contributed by atoms with Crippen molar-refractivity contribution in [2.45, 2.75) is 32.4 Å². The van der Waals surface area contributed by atoms with Gasteiger partial charge in [-0.15, -0.1) is 0 Å². The highest BCUT2D eigenvalue weighted by Gasteiger charge is 2.34. The van der Waals surface area contributed by atoms with Crippen LogP contribution in [0.25, 0.3) is 10.9 Å². The molecular formula is C15H17N2O+. The molecule has 0 radical (unpaired) electrons. The molecule has 1 aliphatic heterocycles. The Morgan fingerprint density at radius 3 is 3.17 bits per heavy atom. The van der Waals surface area contributed by atoms with Crippen LogP contribution in [0.2, 0.25) is 0 Å². The molecule has 3 heteroatoms. The van der Waals surface area contributed by atoms with E-state index in [1.807, 2.05) is 6.07 Å². The van der Waals surface area contributed by atoms with Gasteiger partial charge in [0.1, 0.15) is 6.04 Å². The molecule has 2 heterocycles. The number of hydrogen-bond donors (Lipinski definition) is 1. The second-order valence-electron chi connectivity index (χ2n) is 5.53. The number of benzene rings is 1. The summed E-state index contributed by atoms with van der Waals surface area (Å²) in [6.45, 7) is 4.21. The largest absolute Gasteiger partial charge is 0.337 e. The standard InChI is InChI=1S/C15H16N2O/c1-9-2-5-13-11(8-9)15(18)10-3-4-12-14(10)17(13)7-6-16-12/h2,5,8,12,16H,3-4,6-7H2,1H3/p+1/t12-/m0/s1. The summed E-state index contributed by atoms with van der Waals surface area (Å²) in [6, 6.07) is 6.80. The van der Waals surface area contributed by atoms with E-state index in [4.69, 9.17) is 0 Å². The number of nitrogens with zero attached hydrogens (tertiary/aromatic N) is 1. The molecule has 1 aromatic heterocycles. The Morgan fingerprint density at radius 2 is 2.28 bits per heavy atom. The van der Waals surface area contributed by atoms with E-state index in [2.05, 4.69) is 28.9 Å². The van der Waals surface area contributed by atoms with Crippen LogP contribution in [0, 0.1) is 6.92 Å². The molecular weight excluding hydrogens is 224 g/mol. The van der Waals surface area contributed by atoms with E-state index in [1.165, 1.54) is 11.3 Å². The smallest absolute Gasteiger partial charge is 0.193 e. The third-order valence-electron chi connectivity index (χ3n) is 4.42. The van der Waals surface area contributed by atoms with Gasteiger partial charge in [-0.1, -0.05) is 11.6 Å². The highest BCUT2D eigenvalue weighted by atomic mass is 16.1. The molecule has 1 aromatic carbocycles. The molecule has 0 unspecified atom stereocenters. The maximum absolute atomic E-state index is 12.6. The van der Waals surface area contributed by atoms with Crippen molar-refractivity contribution in [3.05, 3.63) is 45.2 Å². The van der Waals surface area contributed by atoms with Gasteiger partial charge in [0.25, 0.3) is 0 Å². The van der Waals surface area contributed by atoms with Crippen LogP contribution in [-0.4, -0.2) is 11.1 Å². The summed E-state index contributed by atoms with van der Waals surface area (Å²) in [5.41, 5.74) is 4.96. The van der Waals surface area contributed by atoms with Gasteiger partial charge in [-0.3, -0.25) is 4.79 Å². The van der Waals surface area contributed by atoms with Crippen LogP contribution in [0.1, 0.15) is 29.3 Å². The van der Waals surface area contributed by atoms with Crippen LogP contribution >= 0.6 is 0 Å². The Morgan fingerprint density at radius 1 is 1.39 bits per heavy atom. The van der Waals surface area contributed by atoms with Gasteiger partial charge < -0.3 is 9.88 Å². The van der Waals surface area contributed by atoms with Crippen molar-refractivity contribution >= 4 is 10.9 Å². The monoisotopic (exact) mass is 241 g/mol. The van der Waals surface area contributed by atoms with Crippen molar-refractivity contribution in [1.29, 1.82) is 0 Å². The zero-order valence-electron chi connectivity index (χ0n) is 10.6. The second kappa shape index (κ2) is 3.45. The average Bonchev–Trinajstić information content (AvgIpc) is 2.81. The Balaban J connectivity index is 2.20. The van der Waals surface area contributed by atoms with Crippen molar-refractivity contribution in [2.75, 3.05) is 6.54 Å². The van der Waals surface area contributed by atoms with E-state index >= 15 is 0 Å². The van der Waals surface area contributed by atoms with Crippen LogP contribution in [0.4, 0.5) is 0 Å². The summed E-state index contributed by atoms with van der Waals surface area (Å²) >= 11 is 0. The maximum Gasteiger partial charge on any atom is 0.193 e. The van der Waals surface area contributed by atoms with Gasteiger partial charge in [0.05, 0.1) is 24.3 Å². The Bertz CT molecular complexity index is 714. The maximum atomic E-state index is 12.6. The molecule has 0 fully saturated rings. The number of pyridine rings is 1. The summed E-state index contributed by atoms with van der Waals surface area (Å²) in [5.74, 6) is 0. The zero-order valence-corrected chi connectivity index (χ0v) is 10.6. The number of aromatic nitrogens is 1. The number of rotatable bonds is 0. The number of aryl methyl sites for hydroxylation is 1. The van der Waals surface area contributed by atoms with Gasteiger partial charge in [0, 0.05) is 17.4 Å². The van der Waals surface area contributed by atoms with Gasteiger partial charge >= 0.3 is 0 Å². The van der Waals surface area contributed by atoms with Crippen molar-refractivity contribution in [3.8, 4) is 0 Å². The van der Waals surface area contributed by atoms with E-state index in [0.29, 0.717) is 6.04 Å². The number of quaternary nitrogens is 1. The number of hydrogen-bond acceptors (Lipinski definition) is 1. The quantitative estimate of drug-likeness (QED) is 0.730. The number of fused-ring (bicyclic) bond motifs is 2. The highest BCUT2D eigenvalue weighted by molar-refractivity contribution is 5.81. The van der Waals surface area contributed by atoms with Crippen molar-refractivity contribution in [2.24, 2.45) is 0 Å². The molecule has 0 spiro atoms. The van der Waals surface area contributed by atoms with E-state index in [9.17, 15) is 4.79 Å². The van der Waals surface area contributed by atoms with Gasteiger partial charge in [0.2, 0.25) is 0 Å². The molecule has 4 rings (SSSR count). The molecule has 0 saturated carbocycles. The van der Waals surface area contributed by atoms with Crippen LogP contribution in [0.3, 0.4) is 0 Å². The predicted octanol–water partition coefficient (Wildman–Crippen LogP) is 0.874. The minimum Gasteiger partial charge on any atom is -0.337 e. The molecule has 0 saturated heterocycles. The molecule has 1 atom stereocenters. The Labute approximate surface area is 105 Å². The van der Waals surface area contributed by atoms with Crippen LogP contribution in [-0.2, 0) is 13.0 Å². The molecule has 3 nitrogen and oxygen atoms in total. The summed E-state index contributed by atoms with van der Waals surface area (Å²) in [7, 11) is 0. The number of nitrogens with two attached hydrogens (primary N) is 1. The topological polar surface area (TPSA) is 38.6 Å². The van der Waals surface area contributed by atoms with Crippen LogP contribution in [0.15, 0.2) is 23.0 Å². The first kappa shape index (κ1) is 10.3. The van der Waals surface area contributed by atoms with E-state index in [-0.39, 0.29) is 5.43 Å². The lowest BCUT2D eigenvalue weighted by Crippen LogP contribution is -2.87. The molecule has 0 amide bonds. The molecule has 2 aliphatic rings. The normalized spacial score (nSPS) is 21.3. The fourth-order valence-corrected chi connectivity index (χ4v) is 3.62. The first-order chi connectivity index (χ1) is 8.75. The van der Waals surface area contributed by atoms with E-state index < -0.39 is 0 Å². The van der Waals surface area contributed by atoms with E-state index in [1.54, 1.807) is 0 Å². The third-order valence-corrected chi connectivity index (χ3v) is 4.42. The van der Waals surface area contributed by atoms with Gasteiger partial charge in [0.15, 0.2) is 5.43 Å². The molecule has 2 aromatic rings. The first-order valence-corrected chi connectivity index (χ1v) is 6.75. The van der Waals surface area contributed by atoms with Gasteiger partial charge in [-0.25, -0.2) is 0 Å². The van der Waals surface area contributed by atoms with Crippen molar-refractivity contribution < 1.29 is 5.32 Å². The summed E-state index contributed by atoms with van der Waals surface area (Å²) in [5, 5.41) is 3.31. The fourth-order valence-electron chi connectivity index (χ4n) is 3.62. The minimum atomic E-state index is 0.276. The van der Waals surface area contributed by atoms with Crippen LogP contribution in [0.5, 0.6) is 0 Å². The lowest BCUT2D eigenvalue weighted by molar-refractivity contribution is -0.702. The third kappa shape index (κ3) is 1.20. The molecule has 1 aliphatic carbocycles. The van der Waals surface area contributed by atoms with Crippen molar-refractivity contribution in [1.82, 2.24) is 4.57 Å². The van der Waals surface area contributed by atoms with Crippen LogP contribution < -0.4 is 10.7 Å². The Hall–Kier alpha value is -1.61. The van der Waals surface area contributed by atoms with Crippen molar-refractivity contribution in [3.63, 3.8) is 0 Å². The first-order valence-electron chi connectivity index (χ1n) is 6.75. The summed E-state index contributed by atoms with van der Waals surface area (Å²) in [6.07, 6.45) is 2.08. The lowest BCUT2D eigenvalue weighted by Gasteiger charge is -2.24. The molecule has 92 valence electrons. The van der Waals surface area contributed by atoms with Gasteiger partial charge in [-0.05, 0) is 25.5 Å². The van der Waals surface area contributed by atoms with E-state index in [0.717, 1.165) is 42.4 Å².